The summed E-state index contributed by atoms with van der Waals surface area (Å²) >= 11 is 0. The van der Waals surface area contributed by atoms with Gasteiger partial charge in [-0.05, 0) is 35.2 Å². The molecular weight excluding hydrogens is 136 g/mol. The number of hydrogen-bond acceptors (Lipinski definition) is 2. The fourth-order valence-electron chi connectivity index (χ4n) is 0. The van der Waals surface area contributed by atoms with Gasteiger partial charge in [-0.15, -0.1) is 0 Å². The lowest BCUT2D eigenvalue weighted by Gasteiger charge is -1.90. The largest absolute Gasteiger partial charge is 0.323 e. The van der Waals surface area contributed by atoms with Crippen LogP contribution >= 0.6 is 0 Å². The van der Waals surface area contributed by atoms with Gasteiger partial charge in [-0.1, -0.05) is 26.7 Å². The molecule has 0 amide bonds. The number of nitrogens with one attached hydrogen (secondary N) is 1. The fourth-order valence-corrected chi connectivity index (χ4v) is 0. The first-order valence-electron chi connectivity index (χ1n) is 4.05. The van der Waals surface area contributed by atoms with Crippen molar-refractivity contribution in [1.82, 2.24) is 10.2 Å². The molecule has 0 aliphatic rings. The Morgan fingerprint density at radius 3 is 1.27 bits per heavy atom. The second-order valence-electron chi connectivity index (χ2n) is 2.70. The lowest BCUT2D eigenvalue weighted by Crippen LogP contribution is -1.99. The van der Waals surface area contributed by atoms with Crippen LogP contribution in [0.3, 0.4) is 0 Å². The van der Waals surface area contributed by atoms with E-state index in [0.29, 0.717) is 0 Å². The topological polar surface area (TPSA) is 15.3 Å². The minimum absolute atomic E-state index is 1.07. The third kappa shape index (κ3) is 735. The van der Waals surface area contributed by atoms with Crippen molar-refractivity contribution in [2.24, 2.45) is 0 Å². The van der Waals surface area contributed by atoms with E-state index < -0.39 is 0 Å². The minimum Gasteiger partial charge on any atom is -0.323 e. The Balaban J connectivity index is -0.0000000886. The molecule has 0 rings (SSSR count). The van der Waals surface area contributed by atoms with E-state index in [9.17, 15) is 0 Å². The van der Waals surface area contributed by atoms with Crippen LogP contribution in [-0.2, 0) is 0 Å². The van der Waals surface area contributed by atoms with Gasteiger partial charge in [0.1, 0.15) is 0 Å². The lowest BCUT2D eigenvalue weighted by molar-refractivity contribution is 0.505. The molecule has 0 heterocycles. The zero-order chi connectivity index (χ0) is 9.70. The maximum atomic E-state index is 3.60. The van der Waals surface area contributed by atoms with Crippen LogP contribution in [0.2, 0.25) is 0 Å². The maximum absolute atomic E-state index is 3.60. The molecule has 2 nitrogen and oxygen atoms in total. The van der Waals surface area contributed by atoms with Crippen molar-refractivity contribution in [3.63, 3.8) is 0 Å². The minimum atomic E-state index is 1.07. The van der Waals surface area contributed by atoms with E-state index in [1.54, 1.807) is 0 Å². The molecule has 0 aromatic heterocycles. The van der Waals surface area contributed by atoms with Crippen LogP contribution in [0.25, 0.3) is 0 Å². The molecule has 0 aliphatic heterocycles. The second kappa shape index (κ2) is 22.5. The van der Waals surface area contributed by atoms with Gasteiger partial charge in [0, 0.05) is 0 Å². The Morgan fingerprint density at radius 2 is 1.27 bits per heavy atom. The molecule has 0 saturated carbocycles. The van der Waals surface area contributed by atoms with Gasteiger partial charge in [-0.3, -0.25) is 0 Å². The molecule has 71 valence electrons. The zero-order valence-corrected chi connectivity index (χ0v) is 9.07. The van der Waals surface area contributed by atoms with E-state index >= 15 is 0 Å². The maximum Gasteiger partial charge on any atom is -0.0140 e. The van der Waals surface area contributed by atoms with E-state index in [-0.39, 0.29) is 0 Å². The summed E-state index contributed by atoms with van der Waals surface area (Å²) in [5, 5.41) is 2.75. The Bertz CT molecular complexity index is 31.8. The summed E-state index contributed by atoms with van der Waals surface area (Å²) in [5.41, 5.74) is 0. The number of rotatable bonds is 1. The molecule has 1 radical (unpaired) electrons. The molecule has 2 heteroatoms. The van der Waals surface area contributed by atoms with Gasteiger partial charge in [0.2, 0.25) is 0 Å². The second-order valence-corrected chi connectivity index (χ2v) is 2.70. The highest BCUT2D eigenvalue weighted by atomic mass is 15.0. The Hall–Kier alpha value is -0.0800. The average Bonchev–Trinajstić information content (AvgIpc) is 1.88. The number of hydrogen-bond donors (Lipinski definition) is 1. The first-order valence-corrected chi connectivity index (χ1v) is 4.05. The smallest absolute Gasteiger partial charge is 0.0140 e. The Morgan fingerprint density at radius 1 is 1.18 bits per heavy atom. The van der Waals surface area contributed by atoms with Crippen LogP contribution in [0, 0.1) is 6.92 Å². The van der Waals surface area contributed by atoms with Crippen LogP contribution in [0.15, 0.2) is 0 Å². The first-order chi connectivity index (χ1) is 5.06. The van der Waals surface area contributed by atoms with Gasteiger partial charge in [0.15, 0.2) is 0 Å². The molecule has 0 atom stereocenters. The summed E-state index contributed by atoms with van der Waals surface area (Å²) in [6.07, 6.45) is 2.28. The number of unbranched alkanes of at least 4 members (excludes halogenated alkanes) is 1. The normalized spacial score (nSPS) is 7.64. The molecule has 11 heavy (non-hydrogen) atoms. The molecule has 0 spiro atoms. The first kappa shape index (κ1) is 17.1. The van der Waals surface area contributed by atoms with Crippen molar-refractivity contribution in [2.45, 2.75) is 19.8 Å². The molecule has 0 unspecified atom stereocenters. The van der Waals surface area contributed by atoms with Gasteiger partial charge in [-0.2, -0.15) is 0 Å². The van der Waals surface area contributed by atoms with Crippen molar-refractivity contribution in [3.8, 4) is 0 Å². The average molecular weight is 161 g/mol. The SMILES string of the molecule is CN(C)C.CNC.[CH2]CCC. The van der Waals surface area contributed by atoms with E-state index in [1.165, 1.54) is 6.42 Å². The van der Waals surface area contributed by atoms with E-state index in [2.05, 4.69) is 19.2 Å². The zero-order valence-electron chi connectivity index (χ0n) is 9.07. The third-order valence-corrected chi connectivity index (χ3v) is 0.354. The van der Waals surface area contributed by atoms with Crippen LogP contribution in [0.5, 0.6) is 0 Å². The quantitative estimate of drug-likeness (QED) is 0.629. The van der Waals surface area contributed by atoms with Crippen LogP contribution in [-0.4, -0.2) is 40.1 Å². The molecule has 1 N–H and O–H groups in total. The summed E-state index contributed by atoms with van der Waals surface area (Å²) < 4.78 is 0. The summed E-state index contributed by atoms with van der Waals surface area (Å²) in [5.74, 6) is 0. The van der Waals surface area contributed by atoms with Crippen molar-refractivity contribution in [3.05, 3.63) is 6.92 Å². The van der Waals surface area contributed by atoms with Crippen LogP contribution in [0.4, 0.5) is 0 Å². The van der Waals surface area contributed by atoms with E-state index in [0.717, 1.165) is 6.42 Å². The Kier molecular flexibility index (Phi) is 35.1. The fraction of sp³-hybridized carbons (Fsp3) is 0.889. The van der Waals surface area contributed by atoms with Crippen molar-refractivity contribution < 1.29 is 0 Å². The molecule has 0 fully saturated rings. The molecule has 0 bridgehead atoms. The van der Waals surface area contributed by atoms with Gasteiger partial charge in [0.25, 0.3) is 0 Å². The van der Waals surface area contributed by atoms with E-state index in [1.807, 2.05) is 40.1 Å². The molecule has 0 aromatic rings. The number of nitrogens with zero attached hydrogens (tertiary/aromatic N) is 1. The lowest BCUT2D eigenvalue weighted by atomic mass is 10.4. The monoisotopic (exact) mass is 161 g/mol. The van der Waals surface area contributed by atoms with Gasteiger partial charge in [-0.25, -0.2) is 0 Å². The Labute approximate surface area is 73.0 Å². The van der Waals surface area contributed by atoms with Crippen molar-refractivity contribution in [1.29, 1.82) is 0 Å². The predicted molar refractivity (Wildman–Crippen MR) is 54.9 cm³/mol. The van der Waals surface area contributed by atoms with Crippen LogP contribution < -0.4 is 5.32 Å². The summed E-state index contributed by atoms with van der Waals surface area (Å²) in [4.78, 5) is 2.00. The highest BCUT2D eigenvalue weighted by Crippen LogP contribution is 1.75. The molecule has 0 aliphatic carbocycles. The summed E-state index contributed by atoms with van der Waals surface area (Å²) in [6.45, 7) is 5.72. The summed E-state index contributed by atoms with van der Waals surface area (Å²) in [7, 11) is 9.75. The highest BCUT2D eigenvalue weighted by Gasteiger charge is 1.58. The standard InChI is InChI=1S/C4H9.C3H9N.C2H7N/c1-3-4-2;1-4(2)3;1-3-2/h1,3-4H2,2H3;1-3H3;3H,1-2H3. The van der Waals surface area contributed by atoms with Crippen molar-refractivity contribution >= 4 is 0 Å². The highest BCUT2D eigenvalue weighted by molar-refractivity contribution is 4.29. The predicted octanol–water partition coefficient (Wildman–Crippen LogP) is 1.63. The van der Waals surface area contributed by atoms with Crippen LogP contribution in [0.1, 0.15) is 19.8 Å². The molecule has 0 saturated heterocycles. The third-order valence-electron chi connectivity index (χ3n) is 0.354. The van der Waals surface area contributed by atoms with Gasteiger partial charge < -0.3 is 10.2 Å². The van der Waals surface area contributed by atoms with Gasteiger partial charge >= 0.3 is 0 Å². The van der Waals surface area contributed by atoms with Crippen molar-refractivity contribution in [2.75, 3.05) is 35.2 Å². The van der Waals surface area contributed by atoms with Gasteiger partial charge in [0.05, 0.1) is 0 Å². The molecule has 0 aromatic carbocycles. The van der Waals surface area contributed by atoms with E-state index in [4.69, 9.17) is 0 Å². The molecular formula is C9H25N2. The summed E-state index contributed by atoms with van der Waals surface area (Å²) in [6, 6.07) is 0.